The number of anilines is 1. The lowest BCUT2D eigenvalue weighted by Crippen LogP contribution is -2.47. The molecule has 30 heavy (non-hydrogen) atoms. The first-order chi connectivity index (χ1) is 14.6. The van der Waals surface area contributed by atoms with Gasteiger partial charge >= 0.3 is 0 Å². The summed E-state index contributed by atoms with van der Waals surface area (Å²) >= 11 is 0. The molecule has 1 aromatic rings. The topological polar surface area (TPSA) is 55.4 Å². The number of methoxy groups -OCH3 is 1. The maximum atomic E-state index is 13.1. The van der Waals surface area contributed by atoms with Crippen molar-refractivity contribution in [2.75, 3.05) is 91.1 Å². The van der Waals surface area contributed by atoms with Crippen LogP contribution in [0.5, 0.6) is 0 Å². The standard InChI is InChI=1S/C22H39FN6O/c1-4-24-22(25-10-13-27(2)12-5-19-30-3)26-11-14-28-15-17-29(18-16-28)21-8-6-20(23)7-9-21/h6-9H,4-5,10-19H2,1-3H3,(H2,24,25,26). The second kappa shape index (κ2) is 14.2. The van der Waals surface area contributed by atoms with Crippen LogP contribution in [0.25, 0.3) is 0 Å². The van der Waals surface area contributed by atoms with Gasteiger partial charge in [-0.2, -0.15) is 0 Å². The highest BCUT2D eigenvalue weighted by molar-refractivity contribution is 5.79. The molecule has 0 bridgehead atoms. The fourth-order valence-electron chi connectivity index (χ4n) is 3.48. The second-order valence-corrected chi connectivity index (χ2v) is 7.64. The van der Waals surface area contributed by atoms with Gasteiger partial charge in [-0.05, 0) is 44.7 Å². The number of hydrogen-bond acceptors (Lipinski definition) is 5. The molecule has 0 spiro atoms. The Hall–Kier alpha value is -1.90. The smallest absolute Gasteiger partial charge is 0.191 e. The lowest BCUT2D eigenvalue weighted by atomic mass is 10.2. The number of aliphatic imine (C=N–C) groups is 1. The molecule has 1 aliphatic rings. The van der Waals surface area contributed by atoms with E-state index < -0.39 is 0 Å². The Morgan fingerprint density at radius 3 is 2.53 bits per heavy atom. The van der Waals surface area contributed by atoms with Gasteiger partial charge in [-0.15, -0.1) is 0 Å². The first kappa shape index (κ1) is 24.4. The van der Waals surface area contributed by atoms with Crippen molar-refractivity contribution < 1.29 is 9.13 Å². The van der Waals surface area contributed by atoms with Crippen molar-refractivity contribution in [2.45, 2.75) is 13.3 Å². The largest absolute Gasteiger partial charge is 0.385 e. The van der Waals surface area contributed by atoms with E-state index >= 15 is 0 Å². The molecule has 0 aromatic heterocycles. The van der Waals surface area contributed by atoms with Gasteiger partial charge in [-0.1, -0.05) is 0 Å². The van der Waals surface area contributed by atoms with Gasteiger partial charge in [0.25, 0.3) is 0 Å². The molecule has 1 aromatic carbocycles. The van der Waals surface area contributed by atoms with Crippen LogP contribution in [-0.2, 0) is 4.74 Å². The van der Waals surface area contributed by atoms with Crippen molar-refractivity contribution in [1.29, 1.82) is 0 Å². The summed E-state index contributed by atoms with van der Waals surface area (Å²) in [5, 5.41) is 6.74. The van der Waals surface area contributed by atoms with Crippen LogP contribution < -0.4 is 15.5 Å². The van der Waals surface area contributed by atoms with Gasteiger partial charge in [-0.25, -0.2) is 4.39 Å². The van der Waals surface area contributed by atoms with Crippen molar-refractivity contribution in [3.63, 3.8) is 0 Å². The lowest BCUT2D eigenvalue weighted by molar-refractivity contribution is 0.180. The molecule has 1 heterocycles. The third kappa shape index (κ3) is 9.28. The predicted octanol–water partition coefficient (Wildman–Crippen LogP) is 1.47. The Morgan fingerprint density at radius 2 is 1.87 bits per heavy atom. The molecular weight excluding hydrogens is 383 g/mol. The van der Waals surface area contributed by atoms with Gasteiger partial charge in [0.15, 0.2) is 5.96 Å². The summed E-state index contributed by atoms with van der Waals surface area (Å²) in [6.07, 6.45) is 1.05. The van der Waals surface area contributed by atoms with Crippen molar-refractivity contribution >= 4 is 11.6 Å². The van der Waals surface area contributed by atoms with Crippen molar-refractivity contribution in [1.82, 2.24) is 20.4 Å². The Morgan fingerprint density at radius 1 is 1.13 bits per heavy atom. The molecule has 0 radical (unpaired) electrons. The highest BCUT2D eigenvalue weighted by atomic mass is 19.1. The second-order valence-electron chi connectivity index (χ2n) is 7.64. The summed E-state index contributed by atoms with van der Waals surface area (Å²) in [4.78, 5) is 11.8. The monoisotopic (exact) mass is 422 g/mol. The number of halogens is 1. The minimum Gasteiger partial charge on any atom is -0.385 e. The van der Waals surface area contributed by atoms with Gasteiger partial charge in [0.2, 0.25) is 0 Å². The first-order valence-corrected chi connectivity index (χ1v) is 11.0. The summed E-state index contributed by atoms with van der Waals surface area (Å²) in [5.74, 6) is 0.700. The third-order valence-electron chi connectivity index (χ3n) is 5.27. The van der Waals surface area contributed by atoms with Crippen molar-refractivity contribution in [3.05, 3.63) is 30.1 Å². The zero-order chi connectivity index (χ0) is 21.6. The lowest BCUT2D eigenvalue weighted by Gasteiger charge is -2.35. The predicted molar refractivity (Wildman–Crippen MR) is 123 cm³/mol. The van der Waals surface area contributed by atoms with E-state index in [-0.39, 0.29) is 5.82 Å². The summed E-state index contributed by atoms with van der Waals surface area (Å²) in [6, 6.07) is 6.78. The third-order valence-corrected chi connectivity index (χ3v) is 5.27. The highest BCUT2D eigenvalue weighted by Gasteiger charge is 2.16. The van der Waals surface area contributed by atoms with Gasteiger partial charge in [0.1, 0.15) is 5.82 Å². The molecule has 0 unspecified atom stereocenters. The Balaban J connectivity index is 1.65. The fourth-order valence-corrected chi connectivity index (χ4v) is 3.48. The number of rotatable bonds is 12. The van der Waals surface area contributed by atoms with Crippen LogP contribution in [0.4, 0.5) is 10.1 Å². The summed E-state index contributed by atoms with van der Waals surface area (Å²) in [7, 11) is 3.87. The molecule has 0 aliphatic carbocycles. The van der Waals surface area contributed by atoms with Crippen LogP contribution in [0.15, 0.2) is 29.3 Å². The normalized spacial score (nSPS) is 15.6. The number of nitrogens with zero attached hydrogens (tertiary/aromatic N) is 4. The molecule has 2 rings (SSSR count). The Labute approximate surface area is 181 Å². The van der Waals surface area contributed by atoms with E-state index in [1.165, 1.54) is 12.1 Å². The molecular formula is C22H39FN6O. The van der Waals surface area contributed by atoms with E-state index in [1.54, 1.807) is 7.11 Å². The van der Waals surface area contributed by atoms with Crippen LogP contribution in [0.3, 0.4) is 0 Å². The zero-order valence-electron chi connectivity index (χ0n) is 18.9. The molecule has 1 fully saturated rings. The quantitative estimate of drug-likeness (QED) is 0.302. The zero-order valence-corrected chi connectivity index (χ0v) is 18.9. The van der Waals surface area contributed by atoms with Crippen LogP contribution in [0.1, 0.15) is 13.3 Å². The molecule has 0 amide bonds. The molecule has 0 saturated carbocycles. The Bertz CT molecular complexity index is 604. The summed E-state index contributed by atoms with van der Waals surface area (Å²) < 4.78 is 18.2. The van der Waals surface area contributed by atoms with E-state index in [0.29, 0.717) is 0 Å². The average molecular weight is 423 g/mol. The van der Waals surface area contributed by atoms with E-state index in [1.807, 2.05) is 12.1 Å². The van der Waals surface area contributed by atoms with E-state index in [2.05, 4.69) is 39.3 Å². The Kier molecular flexibility index (Phi) is 11.5. The number of piperazine rings is 1. The summed E-state index contributed by atoms with van der Waals surface area (Å²) in [5.41, 5.74) is 1.10. The molecule has 2 N–H and O–H groups in total. The number of ether oxygens (including phenoxy) is 1. The van der Waals surface area contributed by atoms with Crippen LogP contribution in [0.2, 0.25) is 0 Å². The fraction of sp³-hybridized carbons (Fsp3) is 0.682. The maximum absolute atomic E-state index is 13.1. The highest BCUT2D eigenvalue weighted by Crippen LogP contribution is 2.16. The van der Waals surface area contributed by atoms with Crippen LogP contribution in [0, 0.1) is 5.82 Å². The van der Waals surface area contributed by atoms with Crippen molar-refractivity contribution in [2.24, 2.45) is 4.99 Å². The molecule has 8 heteroatoms. The van der Waals surface area contributed by atoms with Crippen LogP contribution >= 0.6 is 0 Å². The van der Waals surface area contributed by atoms with Gasteiger partial charge in [0.05, 0.1) is 6.54 Å². The average Bonchev–Trinajstić information content (AvgIpc) is 2.75. The number of nitrogens with one attached hydrogen (secondary N) is 2. The number of benzene rings is 1. The molecule has 1 aliphatic heterocycles. The number of hydrogen-bond donors (Lipinski definition) is 2. The van der Waals surface area contributed by atoms with Crippen molar-refractivity contribution in [3.8, 4) is 0 Å². The molecule has 7 nitrogen and oxygen atoms in total. The van der Waals surface area contributed by atoms with Gasteiger partial charge < -0.3 is 25.2 Å². The molecule has 170 valence electrons. The minimum absolute atomic E-state index is 0.182. The van der Waals surface area contributed by atoms with Crippen LogP contribution in [-0.4, -0.2) is 102 Å². The number of likely N-dealkylation sites (N-methyl/N-ethyl adjacent to an activating group) is 1. The van der Waals surface area contributed by atoms with Gasteiger partial charge in [-0.3, -0.25) is 9.89 Å². The van der Waals surface area contributed by atoms with E-state index in [9.17, 15) is 4.39 Å². The van der Waals surface area contributed by atoms with E-state index in [4.69, 9.17) is 9.73 Å². The SMILES string of the molecule is CCNC(=NCCN1CCN(c2ccc(F)cc2)CC1)NCCN(C)CCCOC. The number of guanidine groups is 1. The maximum Gasteiger partial charge on any atom is 0.191 e. The minimum atomic E-state index is -0.182. The molecule has 0 atom stereocenters. The van der Waals surface area contributed by atoms with Gasteiger partial charge in [0, 0.05) is 78.3 Å². The van der Waals surface area contributed by atoms with E-state index in [0.717, 1.165) is 90.1 Å². The summed E-state index contributed by atoms with van der Waals surface area (Å²) in [6.45, 7) is 12.3. The first-order valence-electron chi connectivity index (χ1n) is 11.0. The molecule has 1 saturated heterocycles.